The quantitative estimate of drug-likeness (QED) is 0.785. The van der Waals surface area contributed by atoms with Crippen molar-refractivity contribution < 1.29 is 0 Å². The van der Waals surface area contributed by atoms with E-state index in [0.717, 1.165) is 31.4 Å². The number of rotatable bonds is 7. The molecule has 1 aromatic heterocycles. The highest BCUT2D eigenvalue weighted by Crippen LogP contribution is 2.15. The number of imidazole rings is 1. The molecule has 1 aromatic carbocycles. The predicted molar refractivity (Wildman–Crippen MR) is 100 cm³/mol. The van der Waals surface area contributed by atoms with Crippen LogP contribution in [0.1, 0.15) is 19.2 Å². The molecule has 2 aromatic rings. The van der Waals surface area contributed by atoms with Crippen LogP contribution in [0.4, 0.5) is 0 Å². The van der Waals surface area contributed by atoms with Crippen LogP contribution < -0.4 is 5.32 Å². The van der Waals surface area contributed by atoms with E-state index in [1.807, 2.05) is 0 Å². The van der Waals surface area contributed by atoms with E-state index in [9.17, 15) is 0 Å². The number of likely N-dealkylation sites (N-methyl/N-ethyl adjacent to an activating group) is 1. The number of hydrogen-bond donors (Lipinski definition) is 1. The Labute approximate surface area is 145 Å². The number of piperazine rings is 1. The van der Waals surface area contributed by atoms with Crippen molar-refractivity contribution in [3.63, 3.8) is 0 Å². The SMILES string of the molecule is CC(CN1CCN(C)CC1)NCCCc1nc2ccccc2n1C. The summed E-state index contributed by atoms with van der Waals surface area (Å²) < 4.78 is 2.23. The summed E-state index contributed by atoms with van der Waals surface area (Å²) in [6, 6.07) is 8.92. The van der Waals surface area contributed by atoms with E-state index >= 15 is 0 Å². The van der Waals surface area contributed by atoms with Gasteiger partial charge in [0.2, 0.25) is 0 Å². The summed E-state index contributed by atoms with van der Waals surface area (Å²) in [4.78, 5) is 9.73. The van der Waals surface area contributed by atoms with Crippen LogP contribution in [0.15, 0.2) is 24.3 Å². The molecule has 0 spiro atoms. The highest BCUT2D eigenvalue weighted by Gasteiger charge is 2.15. The molecule has 1 N–H and O–H groups in total. The lowest BCUT2D eigenvalue weighted by Crippen LogP contribution is -2.49. The Morgan fingerprint density at radius 2 is 1.88 bits per heavy atom. The molecular weight excluding hydrogens is 298 g/mol. The lowest BCUT2D eigenvalue weighted by Gasteiger charge is -2.34. The van der Waals surface area contributed by atoms with Crippen LogP contribution in [0.2, 0.25) is 0 Å². The first-order valence-corrected chi connectivity index (χ1v) is 9.18. The Balaban J connectivity index is 1.39. The molecule has 0 amide bonds. The van der Waals surface area contributed by atoms with Gasteiger partial charge in [0.1, 0.15) is 5.82 Å². The van der Waals surface area contributed by atoms with Gasteiger partial charge in [-0.15, -0.1) is 0 Å². The number of benzene rings is 1. The fourth-order valence-corrected chi connectivity index (χ4v) is 3.50. The van der Waals surface area contributed by atoms with Gasteiger partial charge in [-0.3, -0.25) is 4.90 Å². The molecule has 1 fully saturated rings. The molecule has 132 valence electrons. The molecule has 5 heteroatoms. The summed E-state index contributed by atoms with van der Waals surface area (Å²) in [6.45, 7) is 9.29. The topological polar surface area (TPSA) is 36.3 Å². The first-order chi connectivity index (χ1) is 11.6. The Kier molecular flexibility index (Phi) is 5.87. The number of nitrogens with zero attached hydrogens (tertiary/aromatic N) is 4. The van der Waals surface area contributed by atoms with E-state index in [1.54, 1.807) is 0 Å². The predicted octanol–water partition coefficient (Wildman–Crippen LogP) is 1.73. The summed E-state index contributed by atoms with van der Waals surface area (Å²) in [6.07, 6.45) is 2.16. The fraction of sp³-hybridized carbons (Fsp3) is 0.632. The summed E-state index contributed by atoms with van der Waals surface area (Å²) in [5.74, 6) is 1.18. The van der Waals surface area contributed by atoms with Crippen molar-refractivity contribution in [2.75, 3.05) is 46.3 Å². The Hall–Kier alpha value is -1.43. The smallest absolute Gasteiger partial charge is 0.109 e. The standard InChI is InChI=1S/C19H31N5/c1-16(15-24-13-11-22(2)12-14-24)20-10-6-9-19-21-17-7-4-5-8-18(17)23(19)3/h4-5,7-8,16,20H,6,9-15H2,1-3H3. The first kappa shape index (κ1) is 17.4. The zero-order valence-corrected chi connectivity index (χ0v) is 15.3. The van der Waals surface area contributed by atoms with E-state index in [0.29, 0.717) is 6.04 Å². The second-order valence-electron chi connectivity index (χ2n) is 7.14. The van der Waals surface area contributed by atoms with Gasteiger partial charge in [-0.2, -0.15) is 0 Å². The molecule has 3 rings (SSSR count). The third-order valence-corrected chi connectivity index (χ3v) is 5.08. The van der Waals surface area contributed by atoms with Crippen LogP contribution >= 0.6 is 0 Å². The largest absolute Gasteiger partial charge is 0.331 e. The minimum atomic E-state index is 0.550. The van der Waals surface area contributed by atoms with Crippen LogP contribution in [-0.2, 0) is 13.5 Å². The molecule has 24 heavy (non-hydrogen) atoms. The zero-order chi connectivity index (χ0) is 16.9. The van der Waals surface area contributed by atoms with Crippen molar-refractivity contribution in [2.45, 2.75) is 25.8 Å². The second kappa shape index (κ2) is 8.10. The molecule has 0 aliphatic carbocycles. The van der Waals surface area contributed by atoms with Gasteiger partial charge in [-0.25, -0.2) is 4.98 Å². The molecule has 5 nitrogen and oxygen atoms in total. The minimum absolute atomic E-state index is 0.550. The number of nitrogens with one attached hydrogen (secondary N) is 1. The number of aryl methyl sites for hydroxylation is 2. The maximum atomic E-state index is 4.75. The molecule has 0 bridgehead atoms. The van der Waals surface area contributed by atoms with Crippen molar-refractivity contribution in [2.24, 2.45) is 7.05 Å². The van der Waals surface area contributed by atoms with Gasteiger partial charge in [0, 0.05) is 52.2 Å². The van der Waals surface area contributed by atoms with Crippen molar-refractivity contribution >= 4 is 11.0 Å². The summed E-state index contributed by atoms with van der Waals surface area (Å²) in [5.41, 5.74) is 2.33. The lowest BCUT2D eigenvalue weighted by atomic mass is 10.2. The van der Waals surface area contributed by atoms with Crippen molar-refractivity contribution in [3.8, 4) is 0 Å². The van der Waals surface area contributed by atoms with Crippen LogP contribution in [0.5, 0.6) is 0 Å². The maximum absolute atomic E-state index is 4.75. The molecule has 0 saturated carbocycles. The van der Waals surface area contributed by atoms with E-state index in [4.69, 9.17) is 4.98 Å². The summed E-state index contributed by atoms with van der Waals surface area (Å²) in [5, 5.41) is 3.67. The van der Waals surface area contributed by atoms with Gasteiger partial charge < -0.3 is 14.8 Å². The van der Waals surface area contributed by atoms with Gasteiger partial charge in [0.05, 0.1) is 11.0 Å². The summed E-state index contributed by atoms with van der Waals surface area (Å²) in [7, 11) is 4.33. The van der Waals surface area contributed by atoms with Crippen LogP contribution in [0, 0.1) is 0 Å². The van der Waals surface area contributed by atoms with Crippen LogP contribution in [0.3, 0.4) is 0 Å². The third kappa shape index (κ3) is 4.35. The molecule has 1 atom stereocenters. The zero-order valence-electron chi connectivity index (χ0n) is 15.3. The van der Waals surface area contributed by atoms with Crippen molar-refractivity contribution in [3.05, 3.63) is 30.1 Å². The van der Waals surface area contributed by atoms with Crippen molar-refractivity contribution in [1.29, 1.82) is 0 Å². The number of aromatic nitrogens is 2. The molecular formula is C19H31N5. The van der Waals surface area contributed by atoms with Crippen LogP contribution in [-0.4, -0.2) is 71.7 Å². The Morgan fingerprint density at radius 3 is 2.62 bits per heavy atom. The normalized spacial score (nSPS) is 18.3. The third-order valence-electron chi connectivity index (χ3n) is 5.08. The van der Waals surface area contributed by atoms with Gasteiger partial charge in [-0.1, -0.05) is 12.1 Å². The molecule has 1 aliphatic heterocycles. The summed E-state index contributed by atoms with van der Waals surface area (Å²) >= 11 is 0. The number of para-hydroxylation sites is 2. The monoisotopic (exact) mass is 329 g/mol. The van der Waals surface area contributed by atoms with Gasteiger partial charge in [0.25, 0.3) is 0 Å². The average molecular weight is 329 g/mol. The highest BCUT2D eigenvalue weighted by molar-refractivity contribution is 5.75. The Morgan fingerprint density at radius 1 is 1.12 bits per heavy atom. The first-order valence-electron chi connectivity index (χ1n) is 9.18. The highest BCUT2D eigenvalue weighted by atomic mass is 15.3. The molecule has 1 unspecified atom stereocenters. The van der Waals surface area contributed by atoms with E-state index in [-0.39, 0.29) is 0 Å². The van der Waals surface area contributed by atoms with Crippen molar-refractivity contribution in [1.82, 2.24) is 24.7 Å². The Bertz CT molecular complexity index is 642. The average Bonchev–Trinajstić information content (AvgIpc) is 2.90. The molecule has 0 radical (unpaired) electrons. The fourth-order valence-electron chi connectivity index (χ4n) is 3.50. The maximum Gasteiger partial charge on any atom is 0.109 e. The number of fused-ring (bicyclic) bond motifs is 1. The molecule has 1 saturated heterocycles. The minimum Gasteiger partial charge on any atom is -0.331 e. The lowest BCUT2D eigenvalue weighted by molar-refractivity contribution is 0.144. The molecule has 1 aliphatic rings. The molecule has 2 heterocycles. The second-order valence-corrected chi connectivity index (χ2v) is 7.14. The van der Waals surface area contributed by atoms with Crippen LogP contribution in [0.25, 0.3) is 11.0 Å². The van der Waals surface area contributed by atoms with E-state index in [1.165, 1.54) is 37.5 Å². The number of hydrogen-bond acceptors (Lipinski definition) is 4. The van der Waals surface area contributed by atoms with E-state index < -0.39 is 0 Å². The van der Waals surface area contributed by atoms with Gasteiger partial charge in [-0.05, 0) is 39.1 Å². The van der Waals surface area contributed by atoms with Gasteiger partial charge >= 0.3 is 0 Å². The van der Waals surface area contributed by atoms with Gasteiger partial charge in [0.15, 0.2) is 0 Å². The van der Waals surface area contributed by atoms with E-state index in [2.05, 4.69) is 65.0 Å².